The van der Waals surface area contributed by atoms with Crippen molar-refractivity contribution in [3.05, 3.63) is 0 Å². The number of nitrogens with zero attached hydrogens (tertiary/aromatic N) is 2. The van der Waals surface area contributed by atoms with Gasteiger partial charge in [-0.3, -0.25) is 0 Å². The van der Waals surface area contributed by atoms with Gasteiger partial charge in [0, 0.05) is 13.2 Å². The summed E-state index contributed by atoms with van der Waals surface area (Å²) in [5.74, 6) is 0. The molecule has 0 amide bonds. The fourth-order valence-electron chi connectivity index (χ4n) is 1.24. The maximum atomic E-state index is 8.82. The summed E-state index contributed by atoms with van der Waals surface area (Å²) in [6.45, 7) is 1.24. The van der Waals surface area contributed by atoms with Gasteiger partial charge in [0.05, 0.1) is 24.0 Å². The summed E-state index contributed by atoms with van der Waals surface area (Å²) < 4.78 is 5.11. The van der Waals surface area contributed by atoms with Gasteiger partial charge in [0.2, 0.25) is 0 Å². The second-order valence-corrected chi connectivity index (χ2v) is 2.84. The van der Waals surface area contributed by atoms with Crippen LogP contribution in [0.3, 0.4) is 0 Å². The number of nitriles is 2. The predicted octanol–water partition coefficient (Wildman–Crippen LogP) is 1.22. The normalized spacial score (nSPS) is 21.6. The molecule has 0 atom stereocenters. The fraction of sp³-hybridized carbons (Fsp3) is 0.750. The predicted molar refractivity (Wildman–Crippen MR) is 38.3 cm³/mol. The van der Waals surface area contributed by atoms with Crippen LogP contribution >= 0.6 is 0 Å². The Morgan fingerprint density at radius 2 is 1.91 bits per heavy atom. The van der Waals surface area contributed by atoms with Crippen LogP contribution in [-0.4, -0.2) is 13.2 Å². The first-order chi connectivity index (χ1) is 5.33. The molecule has 0 radical (unpaired) electrons. The Morgan fingerprint density at radius 3 is 2.36 bits per heavy atom. The fourth-order valence-corrected chi connectivity index (χ4v) is 1.24. The summed E-state index contributed by atoms with van der Waals surface area (Å²) in [7, 11) is 0. The molecule has 11 heavy (non-hydrogen) atoms. The lowest BCUT2D eigenvalue weighted by Gasteiger charge is -2.27. The number of hydrogen-bond acceptors (Lipinski definition) is 3. The molecule has 1 heterocycles. The number of rotatable bonds is 1. The van der Waals surface area contributed by atoms with Crippen molar-refractivity contribution < 1.29 is 4.74 Å². The van der Waals surface area contributed by atoms with Gasteiger partial charge < -0.3 is 4.74 Å². The number of ether oxygens (including phenoxy) is 1. The second kappa shape index (κ2) is 3.37. The van der Waals surface area contributed by atoms with Gasteiger partial charge in [0.25, 0.3) is 0 Å². The van der Waals surface area contributed by atoms with Crippen molar-refractivity contribution in [2.24, 2.45) is 5.41 Å². The Labute approximate surface area is 66.2 Å². The number of hydrogen-bond donors (Lipinski definition) is 0. The van der Waals surface area contributed by atoms with Gasteiger partial charge in [-0.1, -0.05) is 0 Å². The standard InChI is InChI=1S/C8H10N2O/c9-4-1-8(7-10)2-5-11-6-3-8/h1-3,5-6H2. The van der Waals surface area contributed by atoms with Crippen molar-refractivity contribution in [2.45, 2.75) is 19.3 Å². The lowest BCUT2D eigenvalue weighted by atomic mass is 9.79. The largest absolute Gasteiger partial charge is 0.381 e. The van der Waals surface area contributed by atoms with Crippen LogP contribution in [0.4, 0.5) is 0 Å². The Bertz CT molecular complexity index is 205. The molecule has 3 heteroatoms. The lowest BCUT2D eigenvalue weighted by molar-refractivity contribution is 0.0423. The van der Waals surface area contributed by atoms with Gasteiger partial charge in [0.1, 0.15) is 0 Å². The van der Waals surface area contributed by atoms with Crippen molar-refractivity contribution in [1.29, 1.82) is 10.5 Å². The molecule has 0 aliphatic carbocycles. The third kappa shape index (κ3) is 1.69. The van der Waals surface area contributed by atoms with Crippen molar-refractivity contribution >= 4 is 0 Å². The Kier molecular flexibility index (Phi) is 2.46. The van der Waals surface area contributed by atoms with Crippen molar-refractivity contribution in [3.8, 4) is 12.1 Å². The highest BCUT2D eigenvalue weighted by Crippen LogP contribution is 2.32. The summed E-state index contributed by atoms with van der Waals surface area (Å²) >= 11 is 0. The van der Waals surface area contributed by atoms with Crippen LogP contribution in [0.25, 0.3) is 0 Å². The van der Waals surface area contributed by atoms with Crippen LogP contribution < -0.4 is 0 Å². The lowest BCUT2D eigenvalue weighted by Crippen LogP contribution is -2.27. The minimum absolute atomic E-state index is 0.340. The van der Waals surface area contributed by atoms with Gasteiger partial charge in [-0.2, -0.15) is 10.5 Å². The molecule has 3 nitrogen and oxygen atoms in total. The molecular weight excluding hydrogens is 140 g/mol. The van der Waals surface area contributed by atoms with Gasteiger partial charge in [-0.15, -0.1) is 0 Å². The molecule has 0 N–H and O–H groups in total. The molecule has 0 unspecified atom stereocenters. The monoisotopic (exact) mass is 150 g/mol. The SMILES string of the molecule is N#CCC1(C#N)CCOCC1. The van der Waals surface area contributed by atoms with E-state index in [0.717, 1.165) is 0 Å². The molecule has 0 saturated carbocycles. The van der Waals surface area contributed by atoms with Crippen LogP contribution in [0.2, 0.25) is 0 Å². The third-order valence-electron chi connectivity index (χ3n) is 2.10. The summed E-state index contributed by atoms with van der Waals surface area (Å²) in [4.78, 5) is 0. The van der Waals surface area contributed by atoms with Crippen molar-refractivity contribution in [1.82, 2.24) is 0 Å². The molecule has 0 aromatic carbocycles. The average molecular weight is 150 g/mol. The molecule has 1 rings (SSSR count). The molecule has 0 bridgehead atoms. The Morgan fingerprint density at radius 1 is 1.27 bits per heavy atom. The van der Waals surface area contributed by atoms with E-state index >= 15 is 0 Å². The molecule has 0 aromatic heterocycles. The first kappa shape index (κ1) is 8.04. The molecule has 0 spiro atoms. The van der Waals surface area contributed by atoms with E-state index in [-0.39, 0.29) is 0 Å². The molecule has 1 fully saturated rings. The van der Waals surface area contributed by atoms with E-state index in [1.807, 2.05) is 0 Å². The van der Waals surface area contributed by atoms with E-state index in [4.69, 9.17) is 15.3 Å². The van der Waals surface area contributed by atoms with Crippen LogP contribution in [0.15, 0.2) is 0 Å². The van der Waals surface area contributed by atoms with E-state index in [0.29, 0.717) is 32.5 Å². The minimum atomic E-state index is -0.410. The maximum Gasteiger partial charge on any atom is 0.0747 e. The summed E-state index contributed by atoms with van der Waals surface area (Å²) in [6.07, 6.45) is 1.75. The summed E-state index contributed by atoms with van der Waals surface area (Å²) in [5, 5.41) is 17.3. The highest BCUT2D eigenvalue weighted by atomic mass is 16.5. The van der Waals surface area contributed by atoms with Crippen LogP contribution in [0, 0.1) is 28.1 Å². The van der Waals surface area contributed by atoms with Gasteiger partial charge in [0.15, 0.2) is 0 Å². The van der Waals surface area contributed by atoms with E-state index < -0.39 is 5.41 Å². The van der Waals surface area contributed by atoms with Gasteiger partial charge in [-0.25, -0.2) is 0 Å². The molecular formula is C8H10N2O. The molecule has 1 aliphatic heterocycles. The van der Waals surface area contributed by atoms with E-state index in [1.54, 1.807) is 0 Å². The highest BCUT2D eigenvalue weighted by Gasteiger charge is 2.32. The quantitative estimate of drug-likeness (QED) is 0.564. The zero-order valence-electron chi connectivity index (χ0n) is 6.34. The highest BCUT2D eigenvalue weighted by molar-refractivity contribution is 5.04. The first-order valence-electron chi connectivity index (χ1n) is 3.69. The van der Waals surface area contributed by atoms with Crippen LogP contribution in [0.5, 0.6) is 0 Å². The van der Waals surface area contributed by atoms with Crippen molar-refractivity contribution in [2.75, 3.05) is 13.2 Å². The Hall–Kier alpha value is -1.06. The molecule has 0 aromatic rings. The van der Waals surface area contributed by atoms with E-state index in [2.05, 4.69) is 12.1 Å². The van der Waals surface area contributed by atoms with E-state index in [9.17, 15) is 0 Å². The molecule has 58 valence electrons. The summed E-state index contributed by atoms with van der Waals surface area (Å²) in [5.41, 5.74) is -0.410. The smallest absolute Gasteiger partial charge is 0.0747 e. The zero-order valence-corrected chi connectivity index (χ0v) is 6.34. The topological polar surface area (TPSA) is 56.8 Å². The maximum absolute atomic E-state index is 8.82. The average Bonchev–Trinajstić information content (AvgIpc) is 2.07. The van der Waals surface area contributed by atoms with Gasteiger partial charge >= 0.3 is 0 Å². The van der Waals surface area contributed by atoms with Gasteiger partial charge in [-0.05, 0) is 12.8 Å². The van der Waals surface area contributed by atoms with E-state index in [1.165, 1.54) is 0 Å². The third-order valence-corrected chi connectivity index (χ3v) is 2.10. The summed E-state index contributed by atoms with van der Waals surface area (Å²) in [6, 6.07) is 4.27. The van der Waals surface area contributed by atoms with Crippen LogP contribution in [-0.2, 0) is 4.74 Å². The Balaban J connectivity index is 2.60. The minimum Gasteiger partial charge on any atom is -0.381 e. The van der Waals surface area contributed by atoms with Crippen LogP contribution in [0.1, 0.15) is 19.3 Å². The second-order valence-electron chi connectivity index (χ2n) is 2.84. The first-order valence-corrected chi connectivity index (χ1v) is 3.69. The van der Waals surface area contributed by atoms with Crippen molar-refractivity contribution in [3.63, 3.8) is 0 Å². The zero-order chi connectivity index (χ0) is 8.16. The molecule has 1 saturated heterocycles. The molecule has 1 aliphatic rings.